The van der Waals surface area contributed by atoms with Gasteiger partial charge in [-0.05, 0) is 36.7 Å². The minimum absolute atomic E-state index is 0.111. The molecule has 21 heavy (non-hydrogen) atoms. The van der Waals surface area contributed by atoms with E-state index in [4.69, 9.17) is 4.74 Å². The Balaban J connectivity index is 2.00. The Kier molecular flexibility index (Phi) is 4.32. The van der Waals surface area contributed by atoms with Gasteiger partial charge in [-0.1, -0.05) is 53.2 Å². The van der Waals surface area contributed by atoms with Gasteiger partial charge in [0.25, 0.3) is 0 Å². The second-order valence-corrected chi connectivity index (χ2v) is 6.33. The highest BCUT2D eigenvalue weighted by atomic mass is 79.9. The number of hydrogen-bond donors (Lipinski definition) is 1. The molecule has 1 aliphatic heterocycles. The van der Waals surface area contributed by atoms with E-state index in [1.54, 1.807) is 0 Å². The molecule has 0 aliphatic carbocycles. The van der Waals surface area contributed by atoms with Crippen molar-refractivity contribution in [2.24, 2.45) is 0 Å². The lowest BCUT2D eigenvalue weighted by atomic mass is 9.90. The molecule has 1 aliphatic rings. The maximum absolute atomic E-state index is 6.30. The van der Waals surface area contributed by atoms with Crippen LogP contribution < -0.4 is 10.1 Å². The Labute approximate surface area is 134 Å². The second-order valence-electron chi connectivity index (χ2n) is 5.42. The van der Waals surface area contributed by atoms with Crippen molar-refractivity contribution in [1.29, 1.82) is 0 Å². The van der Waals surface area contributed by atoms with Crippen LogP contribution in [0.4, 0.5) is 0 Å². The maximum atomic E-state index is 6.30. The zero-order chi connectivity index (χ0) is 14.8. The molecule has 2 aromatic carbocycles. The normalized spacial score (nSPS) is 20.7. The molecule has 0 bridgehead atoms. The van der Waals surface area contributed by atoms with Crippen LogP contribution in [0.25, 0.3) is 0 Å². The molecule has 0 spiro atoms. The second kappa shape index (κ2) is 6.20. The zero-order valence-electron chi connectivity index (χ0n) is 12.4. The fourth-order valence-corrected chi connectivity index (χ4v) is 3.41. The summed E-state index contributed by atoms with van der Waals surface area (Å²) in [7, 11) is 2.02. The maximum Gasteiger partial charge on any atom is 0.126 e. The Bertz CT molecular complexity index is 641. The molecule has 0 saturated heterocycles. The van der Waals surface area contributed by atoms with Crippen molar-refractivity contribution in [3.63, 3.8) is 0 Å². The fraction of sp³-hybridized carbons (Fsp3) is 0.333. The molecule has 2 unspecified atom stereocenters. The van der Waals surface area contributed by atoms with E-state index in [0.717, 1.165) is 23.1 Å². The van der Waals surface area contributed by atoms with Gasteiger partial charge >= 0.3 is 0 Å². The molecule has 3 heteroatoms. The molecule has 0 saturated carbocycles. The fourth-order valence-electron chi connectivity index (χ4n) is 3.07. The molecule has 0 fully saturated rings. The molecule has 2 atom stereocenters. The number of nitrogens with one attached hydrogen (secondary N) is 1. The standard InChI is InChI=1S/C18H20BrNO/c1-3-12-6-4-5-7-14(12)18-11-16(20-2)15-9-8-13(19)10-17(15)21-18/h4-10,16,18,20H,3,11H2,1-2H3. The van der Waals surface area contributed by atoms with E-state index in [2.05, 4.69) is 70.6 Å². The van der Waals surface area contributed by atoms with Crippen molar-refractivity contribution in [2.45, 2.75) is 31.9 Å². The van der Waals surface area contributed by atoms with Crippen LogP contribution in [-0.4, -0.2) is 7.05 Å². The van der Waals surface area contributed by atoms with Crippen LogP contribution >= 0.6 is 15.9 Å². The van der Waals surface area contributed by atoms with Crippen LogP contribution in [0.3, 0.4) is 0 Å². The first kappa shape index (κ1) is 14.6. The first-order valence-corrected chi connectivity index (χ1v) is 8.23. The van der Waals surface area contributed by atoms with Crippen molar-refractivity contribution in [3.8, 4) is 5.75 Å². The Morgan fingerprint density at radius 2 is 2.00 bits per heavy atom. The third kappa shape index (κ3) is 2.85. The lowest BCUT2D eigenvalue weighted by Crippen LogP contribution is -2.27. The molecule has 3 rings (SSSR count). The minimum Gasteiger partial charge on any atom is -0.485 e. The van der Waals surface area contributed by atoms with Gasteiger partial charge in [0.1, 0.15) is 11.9 Å². The largest absolute Gasteiger partial charge is 0.485 e. The highest BCUT2D eigenvalue weighted by Gasteiger charge is 2.29. The molecule has 0 radical (unpaired) electrons. The summed E-state index contributed by atoms with van der Waals surface area (Å²) in [6.45, 7) is 2.20. The molecule has 1 heterocycles. The van der Waals surface area contributed by atoms with E-state index in [-0.39, 0.29) is 6.10 Å². The van der Waals surface area contributed by atoms with E-state index in [0.29, 0.717) is 6.04 Å². The smallest absolute Gasteiger partial charge is 0.126 e. The van der Waals surface area contributed by atoms with E-state index >= 15 is 0 Å². The molecule has 1 N–H and O–H groups in total. The lowest BCUT2D eigenvalue weighted by molar-refractivity contribution is 0.153. The summed E-state index contributed by atoms with van der Waals surface area (Å²) >= 11 is 3.54. The monoisotopic (exact) mass is 345 g/mol. The van der Waals surface area contributed by atoms with Gasteiger partial charge in [-0.3, -0.25) is 0 Å². The summed E-state index contributed by atoms with van der Waals surface area (Å²) in [4.78, 5) is 0. The summed E-state index contributed by atoms with van der Waals surface area (Å²) in [5.41, 5.74) is 3.92. The van der Waals surface area contributed by atoms with E-state index in [1.807, 2.05) is 7.05 Å². The lowest BCUT2D eigenvalue weighted by Gasteiger charge is -2.33. The van der Waals surface area contributed by atoms with Gasteiger partial charge in [0.05, 0.1) is 0 Å². The van der Waals surface area contributed by atoms with Gasteiger partial charge in [-0.15, -0.1) is 0 Å². The topological polar surface area (TPSA) is 21.3 Å². The average molecular weight is 346 g/mol. The van der Waals surface area contributed by atoms with Gasteiger partial charge in [0, 0.05) is 22.5 Å². The van der Waals surface area contributed by atoms with Crippen molar-refractivity contribution in [3.05, 3.63) is 63.6 Å². The van der Waals surface area contributed by atoms with Crippen LogP contribution in [-0.2, 0) is 6.42 Å². The minimum atomic E-state index is 0.111. The molecule has 2 aromatic rings. The Morgan fingerprint density at radius 1 is 1.19 bits per heavy atom. The highest BCUT2D eigenvalue weighted by Crippen LogP contribution is 2.42. The summed E-state index contributed by atoms with van der Waals surface area (Å²) in [5.74, 6) is 0.978. The van der Waals surface area contributed by atoms with Gasteiger partial charge in [0.2, 0.25) is 0 Å². The predicted molar refractivity (Wildman–Crippen MR) is 89.7 cm³/mol. The molecule has 0 amide bonds. The average Bonchev–Trinajstić information content (AvgIpc) is 2.53. The Hall–Kier alpha value is -1.32. The van der Waals surface area contributed by atoms with Gasteiger partial charge in [-0.25, -0.2) is 0 Å². The summed E-state index contributed by atoms with van der Waals surface area (Å²) < 4.78 is 7.36. The summed E-state index contributed by atoms with van der Waals surface area (Å²) in [5, 5.41) is 3.42. The van der Waals surface area contributed by atoms with Crippen LogP contribution in [0.1, 0.15) is 42.2 Å². The van der Waals surface area contributed by atoms with Crippen LogP contribution in [0.2, 0.25) is 0 Å². The molecule has 2 nitrogen and oxygen atoms in total. The van der Waals surface area contributed by atoms with Crippen molar-refractivity contribution in [2.75, 3.05) is 7.05 Å². The zero-order valence-corrected chi connectivity index (χ0v) is 14.0. The third-order valence-electron chi connectivity index (χ3n) is 4.20. The quantitative estimate of drug-likeness (QED) is 0.862. The van der Waals surface area contributed by atoms with Crippen molar-refractivity contribution in [1.82, 2.24) is 5.32 Å². The first-order valence-electron chi connectivity index (χ1n) is 7.44. The Morgan fingerprint density at radius 3 is 2.76 bits per heavy atom. The van der Waals surface area contributed by atoms with Gasteiger partial charge < -0.3 is 10.1 Å². The predicted octanol–water partition coefficient (Wildman–Crippen LogP) is 4.80. The highest BCUT2D eigenvalue weighted by molar-refractivity contribution is 9.10. The van der Waals surface area contributed by atoms with Gasteiger partial charge in [0.15, 0.2) is 0 Å². The van der Waals surface area contributed by atoms with E-state index in [9.17, 15) is 0 Å². The van der Waals surface area contributed by atoms with Crippen LogP contribution in [0.15, 0.2) is 46.9 Å². The first-order chi connectivity index (χ1) is 10.2. The molecular weight excluding hydrogens is 326 g/mol. The third-order valence-corrected chi connectivity index (χ3v) is 4.69. The van der Waals surface area contributed by atoms with E-state index < -0.39 is 0 Å². The number of ether oxygens (including phenoxy) is 1. The summed E-state index contributed by atoms with van der Waals surface area (Å²) in [6.07, 6.45) is 2.11. The van der Waals surface area contributed by atoms with E-state index in [1.165, 1.54) is 16.7 Å². The number of hydrogen-bond acceptors (Lipinski definition) is 2. The van der Waals surface area contributed by atoms with Crippen LogP contribution in [0.5, 0.6) is 5.75 Å². The SMILES string of the molecule is CCc1ccccc1C1CC(NC)c2ccc(Br)cc2O1. The number of halogens is 1. The molecule has 0 aromatic heterocycles. The number of rotatable bonds is 3. The van der Waals surface area contributed by atoms with Crippen molar-refractivity contribution >= 4 is 15.9 Å². The molecular formula is C18H20BrNO. The number of benzene rings is 2. The summed E-state index contributed by atoms with van der Waals surface area (Å²) in [6, 6.07) is 15.2. The van der Waals surface area contributed by atoms with Crippen LogP contribution in [0, 0.1) is 0 Å². The van der Waals surface area contributed by atoms with Crippen molar-refractivity contribution < 1.29 is 4.74 Å². The number of fused-ring (bicyclic) bond motifs is 1. The van der Waals surface area contributed by atoms with Gasteiger partial charge in [-0.2, -0.15) is 0 Å². The number of aryl methyl sites for hydroxylation is 1. The molecule has 110 valence electrons.